The van der Waals surface area contributed by atoms with Gasteiger partial charge in [0.05, 0.1) is 12.8 Å². The van der Waals surface area contributed by atoms with Crippen LogP contribution in [0.1, 0.15) is 12.5 Å². The van der Waals surface area contributed by atoms with Gasteiger partial charge >= 0.3 is 0 Å². The third-order valence-electron chi connectivity index (χ3n) is 3.55. The van der Waals surface area contributed by atoms with Crippen LogP contribution >= 0.6 is 12.4 Å². The molecule has 0 spiro atoms. The molecule has 0 saturated carbocycles. The van der Waals surface area contributed by atoms with Crippen LogP contribution in [-0.4, -0.2) is 26.1 Å². The topological polar surface area (TPSA) is 50.4 Å². The van der Waals surface area contributed by atoms with Crippen molar-refractivity contribution in [3.8, 4) is 5.75 Å². The van der Waals surface area contributed by atoms with Gasteiger partial charge in [0.15, 0.2) is 0 Å². The first kappa shape index (κ1) is 15.8. The number of nitrogens with one attached hydrogen (secondary N) is 2. The maximum Gasteiger partial charge on any atom is 0.227 e. The fourth-order valence-electron chi connectivity index (χ4n) is 2.04. The van der Waals surface area contributed by atoms with Crippen LogP contribution in [0.5, 0.6) is 5.75 Å². The van der Waals surface area contributed by atoms with Gasteiger partial charge in [0, 0.05) is 5.92 Å². The van der Waals surface area contributed by atoms with E-state index in [2.05, 4.69) is 10.6 Å². The number of halogens is 1. The van der Waals surface area contributed by atoms with Gasteiger partial charge in [-0.05, 0) is 43.6 Å². The molecule has 1 unspecified atom stereocenters. The molecule has 4 nitrogen and oxygen atoms in total. The summed E-state index contributed by atoms with van der Waals surface area (Å²) < 4.78 is 5.25. The van der Waals surface area contributed by atoms with Crippen molar-refractivity contribution >= 4 is 24.0 Å². The van der Waals surface area contributed by atoms with Gasteiger partial charge in [-0.15, -0.1) is 12.4 Å². The Morgan fingerprint density at radius 3 is 2.68 bits per heavy atom. The number of anilines is 1. The molecule has 1 atom stereocenters. The molecular formula is C14H21ClN2O2. The standard InChI is InChI=1S/C14H20N2O2.ClH/c1-9-4-5-13(18-3)12(6-9)16-14(17)10(2)11-7-15-8-11;/h4-6,10-11,15H,7-8H2,1-3H3,(H,16,17);1H. The molecule has 0 bridgehead atoms. The minimum Gasteiger partial charge on any atom is -0.495 e. The lowest BCUT2D eigenvalue weighted by Gasteiger charge is -2.31. The van der Waals surface area contributed by atoms with Crippen LogP contribution in [0, 0.1) is 18.8 Å². The van der Waals surface area contributed by atoms with Crippen molar-refractivity contribution in [2.45, 2.75) is 13.8 Å². The SMILES string of the molecule is COc1ccc(C)cc1NC(=O)C(C)C1CNC1.Cl. The lowest BCUT2D eigenvalue weighted by molar-refractivity contribution is -0.121. The number of hydrogen-bond donors (Lipinski definition) is 2. The van der Waals surface area contributed by atoms with Gasteiger partial charge in [-0.1, -0.05) is 13.0 Å². The molecular weight excluding hydrogens is 264 g/mol. The lowest BCUT2D eigenvalue weighted by atomic mass is 9.88. The van der Waals surface area contributed by atoms with Gasteiger partial charge in [-0.25, -0.2) is 0 Å². The van der Waals surface area contributed by atoms with E-state index in [1.165, 1.54) is 0 Å². The Hall–Kier alpha value is -1.26. The molecule has 0 radical (unpaired) electrons. The van der Waals surface area contributed by atoms with Crippen molar-refractivity contribution in [3.05, 3.63) is 23.8 Å². The number of hydrogen-bond acceptors (Lipinski definition) is 3. The van der Waals surface area contributed by atoms with Crippen LogP contribution < -0.4 is 15.4 Å². The summed E-state index contributed by atoms with van der Waals surface area (Å²) in [7, 11) is 1.61. The Morgan fingerprint density at radius 1 is 1.47 bits per heavy atom. The van der Waals surface area contributed by atoms with Crippen molar-refractivity contribution < 1.29 is 9.53 Å². The maximum absolute atomic E-state index is 12.1. The Balaban J connectivity index is 0.00000180. The molecule has 1 heterocycles. The zero-order valence-corrected chi connectivity index (χ0v) is 12.3. The van der Waals surface area contributed by atoms with Crippen molar-refractivity contribution in [2.75, 3.05) is 25.5 Å². The van der Waals surface area contributed by atoms with Crippen LogP contribution in [0.25, 0.3) is 0 Å². The van der Waals surface area contributed by atoms with Crippen molar-refractivity contribution in [3.63, 3.8) is 0 Å². The molecule has 1 aliphatic rings. The van der Waals surface area contributed by atoms with Crippen molar-refractivity contribution in [1.82, 2.24) is 5.32 Å². The zero-order chi connectivity index (χ0) is 13.1. The van der Waals surface area contributed by atoms with E-state index in [1.807, 2.05) is 32.0 Å². The summed E-state index contributed by atoms with van der Waals surface area (Å²) in [6.07, 6.45) is 0. The highest BCUT2D eigenvalue weighted by Gasteiger charge is 2.29. The monoisotopic (exact) mass is 284 g/mol. The zero-order valence-electron chi connectivity index (χ0n) is 11.5. The van der Waals surface area contributed by atoms with E-state index < -0.39 is 0 Å². The number of benzene rings is 1. The van der Waals surface area contributed by atoms with Gasteiger partial charge in [-0.2, -0.15) is 0 Å². The van der Waals surface area contributed by atoms with Gasteiger partial charge in [-0.3, -0.25) is 4.79 Å². The molecule has 0 aromatic heterocycles. The summed E-state index contributed by atoms with van der Waals surface area (Å²) in [5.74, 6) is 1.23. The molecule has 0 aliphatic carbocycles. The summed E-state index contributed by atoms with van der Waals surface area (Å²) in [5, 5.41) is 6.15. The van der Waals surface area contributed by atoms with Gasteiger partial charge in [0.25, 0.3) is 0 Å². The average Bonchev–Trinajstić information content (AvgIpc) is 2.27. The summed E-state index contributed by atoms with van der Waals surface area (Å²) in [5.41, 5.74) is 1.85. The molecule has 1 fully saturated rings. The largest absolute Gasteiger partial charge is 0.495 e. The second-order valence-electron chi connectivity index (χ2n) is 4.90. The third-order valence-corrected chi connectivity index (χ3v) is 3.55. The minimum atomic E-state index is 0. The Labute approximate surface area is 120 Å². The Kier molecular flexibility index (Phi) is 5.63. The molecule has 2 rings (SSSR count). The number of amides is 1. The smallest absolute Gasteiger partial charge is 0.227 e. The fourth-order valence-corrected chi connectivity index (χ4v) is 2.04. The first-order valence-corrected chi connectivity index (χ1v) is 6.28. The van der Waals surface area contributed by atoms with Gasteiger partial charge in [0.1, 0.15) is 5.75 Å². The molecule has 1 aliphatic heterocycles. The predicted molar refractivity (Wildman–Crippen MR) is 79.1 cm³/mol. The van der Waals surface area contributed by atoms with E-state index in [0.717, 1.165) is 24.3 Å². The van der Waals surface area contributed by atoms with E-state index in [9.17, 15) is 4.79 Å². The molecule has 1 aromatic carbocycles. The molecule has 1 amide bonds. The number of methoxy groups -OCH3 is 1. The van der Waals surface area contributed by atoms with Crippen LogP contribution in [0.3, 0.4) is 0 Å². The molecule has 2 N–H and O–H groups in total. The lowest BCUT2D eigenvalue weighted by Crippen LogP contribution is -2.48. The number of carbonyl (C=O) groups is 1. The van der Waals surface area contributed by atoms with Gasteiger partial charge in [0.2, 0.25) is 5.91 Å². The van der Waals surface area contributed by atoms with E-state index in [1.54, 1.807) is 7.11 Å². The summed E-state index contributed by atoms with van der Waals surface area (Å²) in [6, 6.07) is 5.77. The summed E-state index contributed by atoms with van der Waals surface area (Å²) in [4.78, 5) is 12.1. The number of rotatable bonds is 4. The minimum absolute atomic E-state index is 0. The van der Waals surface area contributed by atoms with Crippen LogP contribution in [0.4, 0.5) is 5.69 Å². The molecule has 106 valence electrons. The van der Waals surface area contributed by atoms with Crippen molar-refractivity contribution in [2.24, 2.45) is 11.8 Å². The van der Waals surface area contributed by atoms with E-state index in [0.29, 0.717) is 11.7 Å². The van der Waals surface area contributed by atoms with E-state index in [4.69, 9.17) is 4.74 Å². The highest BCUT2D eigenvalue weighted by atomic mass is 35.5. The van der Waals surface area contributed by atoms with Crippen molar-refractivity contribution in [1.29, 1.82) is 0 Å². The highest BCUT2D eigenvalue weighted by molar-refractivity contribution is 5.94. The van der Waals surface area contributed by atoms with Crippen LogP contribution in [0.2, 0.25) is 0 Å². The fraction of sp³-hybridized carbons (Fsp3) is 0.500. The Morgan fingerprint density at radius 2 is 2.16 bits per heavy atom. The molecule has 19 heavy (non-hydrogen) atoms. The average molecular weight is 285 g/mol. The van der Waals surface area contributed by atoms with E-state index in [-0.39, 0.29) is 24.2 Å². The van der Waals surface area contributed by atoms with E-state index >= 15 is 0 Å². The maximum atomic E-state index is 12.1. The van der Waals surface area contributed by atoms with Gasteiger partial charge < -0.3 is 15.4 Å². The second-order valence-corrected chi connectivity index (χ2v) is 4.90. The first-order valence-electron chi connectivity index (χ1n) is 6.28. The quantitative estimate of drug-likeness (QED) is 0.891. The molecule has 1 saturated heterocycles. The highest BCUT2D eigenvalue weighted by Crippen LogP contribution is 2.26. The number of carbonyl (C=O) groups excluding carboxylic acids is 1. The second kappa shape index (κ2) is 6.78. The summed E-state index contributed by atoms with van der Waals surface area (Å²) in [6.45, 7) is 5.83. The number of aryl methyl sites for hydroxylation is 1. The first-order chi connectivity index (χ1) is 8.61. The molecule has 1 aromatic rings. The number of ether oxygens (including phenoxy) is 1. The van der Waals surface area contributed by atoms with Crippen LogP contribution in [0.15, 0.2) is 18.2 Å². The third kappa shape index (κ3) is 3.61. The molecule has 5 heteroatoms. The predicted octanol–water partition coefficient (Wildman–Crippen LogP) is 2.22. The normalized spacial score (nSPS) is 15.9. The Bertz CT molecular complexity index is 447. The summed E-state index contributed by atoms with van der Waals surface area (Å²) >= 11 is 0. The van der Waals surface area contributed by atoms with Crippen LogP contribution in [-0.2, 0) is 4.79 Å².